The number of benzene rings is 1. The summed E-state index contributed by atoms with van der Waals surface area (Å²) in [6.45, 7) is 6.25. The zero-order valence-corrected chi connectivity index (χ0v) is 21.9. The number of ether oxygens (including phenoxy) is 1. The number of amides is 1. The Morgan fingerprint density at radius 2 is 1.89 bits per heavy atom. The van der Waals surface area contributed by atoms with Gasteiger partial charge >= 0.3 is 0 Å². The van der Waals surface area contributed by atoms with Crippen molar-refractivity contribution in [2.45, 2.75) is 44.2 Å². The number of H-pyrrole nitrogens is 1. The first kappa shape index (κ1) is 25.1. The standard InChI is InChI=1S/C30H37N5O3/c36-24(19-35-15-3-4-23(35)18-34-13-1-2-14-34)20-38-25-7-5-21(6-8-25)28-16-22(9-11-31-28)29-17-26-27(33-29)10-12-32-30(26)37/h5-9,11,16-17,23-24,33,36H,1-4,10,12-15,18-20H2,(H,32,37)/t23-,24?/m1/s1. The molecule has 8 nitrogen and oxygen atoms in total. The van der Waals surface area contributed by atoms with Gasteiger partial charge in [-0.2, -0.15) is 0 Å². The number of nitrogens with zero attached hydrogens (tertiary/aromatic N) is 3. The first-order chi connectivity index (χ1) is 18.6. The van der Waals surface area contributed by atoms with E-state index in [4.69, 9.17) is 4.74 Å². The maximum Gasteiger partial charge on any atom is 0.253 e. The second-order valence-electron chi connectivity index (χ2n) is 10.8. The highest BCUT2D eigenvalue weighted by atomic mass is 16.5. The SMILES string of the molecule is O=C1NCCc2[nH]c(-c3ccnc(-c4ccc(OCC(O)CN5CCC[C@@H]5CN5CCCC5)cc4)c3)cc21. The molecule has 0 aliphatic carbocycles. The molecule has 2 saturated heterocycles. The van der Waals surface area contributed by atoms with Crippen molar-refractivity contribution in [3.05, 3.63) is 59.9 Å². The van der Waals surface area contributed by atoms with Crippen molar-refractivity contribution in [2.75, 3.05) is 45.9 Å². The summed E-state index contributed by atoms with van der Waals surface area (Å²) in [6, 6.07) is 14.3. The molecule has 5 heterocycles. The highest BCUT2D eigenvalue weighted by molar-refractivity contribution is 5.97. The van der Waals surface area contributed by atoms with Crippen LogP contribution in [-0.4, -0.2) is 88.8 Å². The number of β-amino-alcohol motifs (C(OH)–C–C–N with tert-alkyl or cyclic N) is 1. The van der Waals surface area contributed by atoms with Gasteiger partial charge in [0.1, 0.15) is 18.5 Å². The van der Waals surface area contributed by atoms with E-state index in [2.05, 4.69) is 25.1 Å². The van der Waals surface area contributed by atoms with Gasteiger partial charge in [0, 0.05) is 60.8 Å². The molecule has 3 aromatic rings. The Labute approximate surface area is 224 Å². The Morgan fingerprint density at radius 1 is 1.05 bits per heavy atom. The minimum absolute atomic E-state index is 0.0222. The molecule has 3 N–H and O–H groups in total. The molecule has 0 saturated carbocycles. The summed E-state index contributed by atoms with van der Waals surface area (Å²) in [7, 11) is 0. The van der Waals surface area contributed by atoms with Gasteiger partial charge < -0.3 is 25.0 Å². The molecule has 6 rings (SSSR count). The predicted molar refractivity (Wildman–Crippen MR) is 147 cm³/mol. The number of carbonyl (C=O) groups is 1. The predicted octanol–water partition coefficient (Wildman–Crippen LogP) is 3.33. The molecular formula is C30H37N5O3. The minimum Gasteiger partial charge on any atom is -0.491 e. The van der Waals surface area contributed by atoms with Crippen molar-refractivity contribution in [3.63, 3.8) is 0 Å². The van der Waals surface area contributed by atoms with Crippen molar-refractivity contribution in [2.24, 2.45) is 0 Å². The molecule has 0 radical (unpaired) electrons. The van der Waals surface area contributed by atoms with Gasteiger partial charge in [0.15, 0.2) is 0 Å². The average Bonchev–Trinajstić information content (AvgIpc) is 3.71. The first-order valence-corrected chi connectivity index (χ1v) is 14.0. The number of aliphatic hydroxyl groups is 1. The quantitative estimate of drug-likeness (QED) is 0.405. The lowest BCUT2D eigenvalue weighted by atomic mass is 10.1. The Bertz CT molecular complexity index is 1250. The second kappa shape index (κ2) is 11.3. The Balaban J connectivity index is 1.04. The summed E-state index contributed by atoms with van der Waals surface area (Å²) in [5, 5.41) is 13.6. The van der Waals surface area contributed by atoms with Gasteiger partial charge in [0.05, 0.1) is 11.3 Å². The van der Waals surface area contributed by atoms with Crippen molar-refractivity contribution in [1.29, 1.82) is 0 Å². The first-order valence-electron chi connectivity index (χ1n) is 14.0. The fourth-order valence-corrected chi connectivity index (χ4v) is 6.05. The maximum atomic E-state index is 12.1. The fraction of sp³-hybridized carbons (Fsp3) is 0.467. The number of carbonyl (C=O) groups excluding carboxylic acids is 1. The largest absolute Gasteiger partial charge is 0.491 e. The van der Waals surface area contributed by atoms with Gasteiger partial charge in [-0.05, 0) is 87.8 Å². The van der Waals surface area contributed by atoms with E-state index in [1.165, 1.54) is 38.8 Å². The Hall–Kier alpha value is -3.20. The van der Waals surface area contributed by atoms with Crippen molar-refractivity contribution in [1.82, 2.24) is 25.1 Å². The third kappa shape index (κ3) is 5.62. The highest BCUT2D eigenvalue weighted by Gasteiger charge is 2.29. The van der Waals surface area contributed by atoms with Crippen molar-refractivity contribution in [3.8, 4) is 28.3 Å². The fourth-order valence-electron chi connectivity index (χ4n) is 6.05. The van der Waals surface area contributed by atoms with Gasteiger partial charge in [-0.1, -0.05) is 0 Å². The minimum atomic E-state index is -0.513. The summed E-state index contributed by atoms with van der Waals surface area (Å²) >= 11 is 0. The number of aromatic amines is 1. The van der Waals surface area contributed by atoms with E-state index < -0.39 is 6.10 Å². The van der Waals surface area contributed by atoms with E-state index in [0.29, 0.717) is 19.1 Å². The molecule has 0 spiro atoms. The van der Waals surface area contributed by atoms with Crippen LogP contribution in [0.1, 0.15) is 41.7 Å². The van der Waals surface area contributed by atoms with E-state index in [9.17, 15) is 9.90 Å². The zero-order chi connectivity index (χ0) is 25.9. The van der Waals surface area contributed by atoms with E-state index in [0.717, 1.165) is 59.0 Å². The van der Waals surface area contributed by atoms with E-state index in [1.54, 1.807) is 6.20 Å². The molecule has 1 amide bonds. The number of aromatic nitrogens is 2. The number of aliphatic hydroxyl groups excluding tert-OH is 1. The third-order valence-corrected chi connectivity index (χ3v) is 8.08. The van der Waals surface area contributed by atoms with Crippen LogP contribution in [0.3, 0.4) is 0 Å². The Kier molecular flexibility index (Phi) is 7.44. The molecule has 8 heteroatoms. The number of nitrogens with one attached hydrogen (secondary N) is 2. The van der Waals surface area contributed by atoms with Crippen LogP contribution in [0.2, 0.25) is 0 Å². The molecule has 3 aliphatic heterocycles. The van der Waals surface area contributed by atoms with Crippen LogP contribution < -0.4 is 10.1 Å². The Morgan fingerprint density at radius 3 is 2.71 bits per heavy atom. The number of pyridine rings is 1. The number of rotatable bonds is 9. The lowest BCUT2D eigenvalue weighted by Gasteiger charge is -2.29. The van der Waals surface area contributed by atoms with Gasteiger partial charge in [-0.25, -0.2) is 0 Å². The van der Waals surface area contributed by atoms with Gasteiger partial charge in [-0.3, -0.25) is 14.7 Å². The second-order valence-corrected chi connectivity index (χ2v) is 10.8. The van der Waals surface area contributed by atoms with E-state index >= 15 is 0 Å². The number of hydrogen-bond acceptors (Lipinski definition) is 6. The summed E-state index contributed by atoms with van der Waals surface area (Å²) in [5.41, 5.74) is 5.45. The normalized spacial score (nSPS) is 20.9. The molecule has 1 aromatic carbocycles. The summed E-state index contributed by atoms with van der Waals surface area (Å²) in [5.74, 6) is 0.716. The molecule has 2 aromatic heterocycles. The molecule has 38 heavy (non-hydrogen) atoms. The number of likely N-dealkylation sites (tertiary alicyclic amines) is 2. The van der Waals surface area contributed by atoms with Gasteiger partial charge in [0.25, 0.3) is 5.91 Å². The average molecular weight is 516 g/mol. The lowest BCUT2D eigenvalue weighted by molar-refractivity contribution is 0.0586. The van der Waals surface area contributed by atoms with Crippen molar-refractivity contribution < 1.29 is 14.6 Å². The maximum absolute atomic E-state index is 12.1. The number of fused-ring (bicyclic) bond motifs is 1. The van der Waals surface area contributed by atoms with Crippen LogP contribution in [0.5, 0.6) is 5.75 Å². The van der Waals surface area contributed by atoms with Crippen LogP contribution in [0.25, 0.3) is 22.5 Å². The smallest absolute Gasteiger partial charge is 0.253 e. The van der Waals surface area contributed by atoms with Crippen LogP contribution in [-0.2, 0) is 6.42 Å². The lowest BCUT2D eigenvalue weighted by Crippen LogP contribution is -2.43. The highest BCUT2D eigenvalue weighted by Crippen LogP contribution is 2.28. The molecule has 2 fully saturated rings. The van der Waals surface area contributed by atoms with Crippen LogP contribution in [0.15, 0.2) is 48.7 Å². The van der Waals surface area contributed by atoms with Crippen LogP contribution in [0, 0.1) is 0 Å². The summed E-state index contributed by atoms with van der Waals surface area (Å²) in [4.78, 5) is 25.1. The molecule has 0 bridgehead atoms. The van der Waals surface area contributed by atoms with Gasteiger partial charge in [0.2, 0.25) is 0 Å². The number of hydrogen-bond donors (Lipinski definition) is 3. The molecule has 1 unspecified atom stereocenters. The van der Waals surface area contributed by atoms with Crippen LogP contribution >= 0.6 is 0 Å². The van der Waals surface area contributed by atoms with Crippen LogP contribution in [0.4, 0.5) is 0 Å². The molecule has 3 aliphatic rings. The topological polar surface area (TPSA) is 93.7 Å². The zero-order valence-electron chi connectivity index (χ0n) is 21.9. The molecule has 2 atom stereocenters. The van der Waals surface area contributed by atoms with Gasteiger partial charge in [-0.15, -0.1) is 0 Å². The third-order valence-electron chi connectivity index (χ3n) is 8.08. The van der Waals surface area contributed by atoms with E-state index in [-0.39, 0.29) is 12.5 Å². The molecule has 200 valence electrons. The molecular weight excluding hydrogens is 478 g/mol. The van der Waals surface area contributed by atoms with Crippen molar-refractivity contribution >= 4 is 5.91 Å². The summed E-state index contributed by atoms with van der Waals surface area (Å²) in [6.07, 6.45) is 7.16. The monoisotopic (exact) mass is 515 g/mol. The van der Waals surface area contributed by atoms with E-state index in [1.807, 2.05) is 42.5 Å². The summed E-state index contributed by atoms with van der Waals surface area (Å²) < 4.78 is 5.94.